The number of hydrogen-bond donors (Lipinski definition) is 1. The lowest BCUT2D eigenvalue weighted by molar-refractivity contribution is 0.200. The Balaban J connectivity index is 1.86. The zero-order valence-corrected chi connectivity index (χ0v) is 14.6. The van der Waals surface area contributed by atoms with Crippen LogP contribution in [0, 0.1) is 13.8 Å². The van der Waals surface area contributed by atoms with Crippen LogP contribution in [0.5, 0.6) is 5.75 Å². The SMILES string of the molecule is [2H]c1c(-c2cccc3c2Cc2ccccc2-3)cc(C)c(OCCO)c1C. The molecule has 4 rings (SSSR count). The molecule has 0 saturated heterocycles. The lowest BCUT2D eigenvalue weighted by atomic mass is 9.93. The fraction of sp³-hybridized carbons (Fsp3) is 0.217. The van der Waals surface area contributed by atoms with Gasteiger partial charge in [-0.1, -0.05) is 42.5 Å². The molecule has 0 fully saturated rings. The first-order valence-corrected chi connectivity index (χ1v) is 8.66. The van der Waals surface area contributed by atoms with Crippen LogP contribution in [0.4, 0.5) is 0 Å². The molecule has 0 saturated carbocycles. The summed E-state index contributed by atoms with van der Waals surface area (Å²) >= 11 is 0. The summed E-state index contributed by atoms with van der Waals surface area (Å²) in [6, 6.07) is 17.4. The molecule has 0 unspecified atom stereocenters. The Labute approximate surface area is 150 Å². The van der Waals surface area contributed by atoms with Gasteiger partial charge >= 0.3 is 0 Å². The van der Waals surface area contributed by atoms with Crippen LogP contribution in [0.1, 0.15) is 23.6 Å². The number of hydrogen-bond acceptors (Lipinski definition) is 2. The van der Waals surface area contributed by atoms with Crippen molar-refractivity contribution in [3.05, 3.63) is 76.8 Å². The highest BCUT2D eigenvalue weighted by molar-refractivity contribution is 5.85. The molecular formula is C23H22O2. The van der Waals surface area contributed by atoms with E-state index in [0.29, 0.717) is 11.8 Å². The zero-order chi connectivity index (χ0) is 18.3. The minimum Gasteiger partial charge on any atom is -0.491 e. The molecule has 126 valence electrons. The summed E-state index contributed by atoms with van der Waals surface area (Å²) in [6.07, 6.45) is 0.905. The first kappa shape index (κ1) is 14.7. The summed E-state index contributed by atoms with van der Waals surface area (Å²) in [5.74, 6) is 0.712. The van der Waals surface area contributed by atoms with Crippen LogP contribution in [0.25, 0.3) is 22.3 Å². The molecule has 1 N–H and O–H groups in total. The van der Waals surface area contributed by atoms with E-state index in [-0.39, 0.29) is 13.2 Å². The van der Waals surface area contributed by atoms with Crippen molar-refractivity contribution in [2.45, 2.75) is 20.3 Å². The molecule has 1 aliphatic carbocycles. The summed E-state index contributed by atoms with van der Waals surface area (Å²) in [5, 5.41) is 9.03. The third-order valence-electron chi connectivity index (χ3n) is 4.86. The molecule has 2 heteroatoms. The van der Waals surface area contributed by atoms with Gasteiger partial charge in [0, 0.05) is 0 Å². The highest BCUT2D eigenvalue weighted by Gasteiger charge is 2.21. The molecular weight excluding hydrogens is 308 g/mol. The minimum absolute atomic E-state index is 0.0293. The third-order valence-corrected chi connectivity index (χ3v) is 4.86. The van der Waals surface area contributed by atoms with E-state index in [0.717, 1.165) is 28.7 Å². The normalized spacial score (nSPS) is 12.5. The van der Waals surface area contributed by atoms with Crippen LogP contribution < -0.4 is 4.74 Å². The maximum Gasteiger partial charge on any atom is 0.125 e. The van der Waals surface area contributed by atoms with E-state index < -0.39 is 0 Å². The highest BCUT2D eigenvalue weighted by Crippen LogP contribution is 2.42. The monoisotopic (exact) mass is 331 g/mol. The Kier molecular flexibility index (Phi) is 3.76. The van der Waals surface area contributed by atoms with E-state index >= 15 is 0 Å². The molecule has 0 heterocycles. The number of rotatable bonds is 4. The molecule has 1 aliphatic rings. The number of aliphatic hydroxyl groups is 1. The van der Waals surface area contributed by atoms with Gasteiger partial charge in [-0.15, -0.1) is 0 Å². The van der Waals surface area contributed by atoms with Crippen LogP contribution in [-0.4, -0.2) is 18.3 Å². The van der Waals surface area contributed by atoms with Gasteiger partial charge in [-0.3, -0.25) is 0 Å². The number of aliphatic hydroxyl groups excluding tert-OH is 1. The third kappa shape index (κ3) is 2.73. The predicted molar refractivity (Wildman–Crippen MR) is 102 cm³/mol. The second-order valence-electron chi connectivity index (χ2n) is 6.56. The van der Waals surface area contributed by atoms with Crippen molar-refractivity contribution in [3.63, 3.8) is 0 Å². The van der Waals surface area contributed by atoms with Crippen molar-refractivity contribution in [1.29, 1.82) is 0 Å². The second kappa shape index (κ2) is 6.38. The van der Waals surface area contributed by atoms with Crippen molar-refractivity contribution in [2.75, 3.05) is 13.2 Å². The Morgan fingerprint density at radius 1 is 1.00 bits per heavy atom. The van der Waals surface area contributed by atoms with Crippen molar-refractivity contribution in [2.24, 2.45) is 0 Å². The van der Waals surface area contributed by atoms with Gasteiger partial charge in [-0.2, -0.15) is 0 Å². The number of benzene rings is 3. The maximum atomic E-state index is 9.03. The van der Waals surface area contributed by atoms with Crippen molar-refractivity contribution < 1.29 is 11.2 Å². The lowest BCUT2D eigenvalue weighted by Gasteiger charge is -2.15. The summed E-state index contributed by atoms with van der Waals surface area (Å²) in [5.41, 5.74) is 9.10. The van der Waals surface area contributed by atoms with Gasteiger partial charge < -0.3 is 9.84 Å². The van der Waals surface area contributed by atoms with E-state index in [9.17, 15) is 0 Å². The molecule has 0 aromatic heterocycles. The van der Waals surface area contributed by atoms with Gasteiger partial charge in [0.2, 0.25) is 0 Å². The van der Waals surface area contributed by atoms with Crippen LogP contribution >= 0.6 is 0 Å². The van der Waals surface area contributed by atoms with Gasteiger partial charge in [0.05, 0.1) is 7.98 Å². The average Bonchev–Trinajstić information content (AvgIpc) is 3.03. The summed E-state index contributed by atoms with van der Waals surface area (Å²) in [6.45, 7) is 4.14. The summed E-state index contributed by atoms with van der Waals surface area (Å²) in [4.78, 5) is 0. The van der Waals surface area contributed by atoms with Gasteiger partial charge in [0.25, 0.3) is 0 Å². The smallest absolute Gasteiger partial charge is 0.125 e. The zero-order valence-electron chi connectivity index (χ0n) is 15.6. The number of ether oxygens (including phenoxy) is 1. The van der Waals surface area contributed by atoms with Crippen molar-refractivity contribution in [1.82, 2.24) is 0 Å². The van der Waals surface area contributed by atoms with E-state index in [1.165, 1.54) is 22.3 Å². The fourth-order valence-electron chi connectivity index (χ4n) is 3.80. The lowest BCUT2D eigenvalue weighted by Crippen LogP contribution is -2.04. The standard InChI is InChI=1S/C23H22O2/c1-15-12-18(13-16(2)23(15)25-11-10-24)20-8-5-9-21-19-7-4-3-6-17(19)14-22(20)21/h3-9,12-13,24H,10-11,14H2,1-2H3/i12D. The second-order valence-corrected chi connectivity index (χ2v) is 6.56. The first-order chi connectivity index (χ1) is 12.6. The van der Waals surface area contributed by atoms with E-state index in [1.54, 1.807) is 0 Å². The summed E-state index contributed by atoms with van der Waals surface area (Å²) in [7, 11) is 0. The fourth-order valence-corrected chi connectivity index (χ4v) is 3.80. The van der Waals surface area contributed by atoms with E-state index in [1.807, 2.05) is 19.9 Å². The Hall–Kier alpha value is -2.58. The van der Waals surface area contributed by atoms with Crippen molar-refractivity contribution in [3.8, 4) is 28.0 Å². The molecule has 0 radical (unpaired) electrons. The van der Waals surface area contributed by atoms with Gasteiger partial charge in [-0.25, -0.2) is 0 Å². The molecule has 25 heavy (non-hydrogen) atoms. The Bertz CT molecular complexity index is 992. The molecule has 0 amide bonds. The van der Waals surface area contributed by atoms with Crippen LogP contribution in [0.2, 0.25) is 0 Å². The molecule has 3 aromatic carbocycles. The molecule has 0 bridgehead atoms. The van der Waals surface area contributed by atoms with E-state index in [2.05, 4.69) is 42.5 Å². The topological polar surface area (TPSA) is 29.5 Å². The summed E-state index contributed by atoms with van der Waals surface area (Å²) < 4.78 is 14.3. The van der Waals surface area contributed by atoms with Crippen LogP contribution in [0.3, 0.4) is 0 Å². The van der Waals surface area contributed by atoms with Gasteiger partial charge in [0.15, 0.2) is 0 Å². The highest BCUT2D eigenvalue weighted by atomic mass is 16.5. The van der Waals surface area contributed by atoms with Crippen molar-refractivity contribution >= 4 is 0 Å². The van der Waals surface area contributed by atoms with Crippen LogP contribution in [0.15, 0.2) is 54.6 Å². The van der Waals surface area contributed by atoms with Gasteiger partial charge in [0.1, 0.15) is 12.4 Å². The Morgan fingerprint density at radius 3 is 2.60 bits per heavy atom. The Morgan fingerprint density at radius 2 is 1.76 bits per heavy atom. The molecule has 2 nitrogen and oxygen atoms in total. The maximum absolute atomic E-state index is 9.03. The molecule has 0 spiro atoms. The number of fused-ring (bicyclic) bond motifs is 3. The van der Waals surface area contributed by atoms with E-state index in [4.69, 9.17) is 11.2 Å². The molecule has 0 atom stereocenters. The first-order valence-electron chi connectivity index (χ1n) is 9.16. The molecule has 0 aliphatic heterocycles. The van der Waals surface area contributed by atoms with Crippen LogP contribution in [-0.2, 0) is 6.42 Å². The predicted octanol–water partition coefficient (Wildman–Crippen LogP) is 4.91. The average molecular weight is 331 g/mol. The quantitative estimate of drug-likeness (QED) is 0.575. The number of aryl methyl sites for hydroxylation is 1. The largest absolute Gasteiger partial charge is 0.491 e. The van der Waals surface area contributed by atoms with Gasteiger partial charge in [-0.05, 0) is 76.9 Å². The molecule has 3 aromatic rings. The minimum atomic E-state index is -0.0293.